The molecule has 1 aliphatic heterocycles. The second kappa shape index (κ2) is 4.42. The lowest BCUT2D eigenvalue weighted by Crippen LogP contribution is -2.59. The maximum Gasteiger partial charge on any atom is 0.125 e. The molecule has 0 spiro atoms. The number of piperazine rings is 1. The Morgan fingerprint density at radius 3 is 3.00 bits per heavy atom. The molecule has 1 heterocycles. The molecule has 0 amide bonds. The molecule has 1 atom stereocenters. The van der Waals surface area contributed by atoms with E-state index in [9.17, 15) is 4.39 Å². The maximum atomic E-state index is 13.2. The maximum absolute atomic E-state index is 13.2. The van der Waals surface area contributed by atoms with Crippen LogP contribution in [0.4, 0.5) is 10.1 Å². The topological polar surface area (TPSA) is 15.3 Å². The fraction of sp³-hybridized carbons (Fsp3) is 0.538. The molecule has 88 valence electrons. The number of nitrogens with one attached hydrogen (secondary N) is 1. The Morgan fingerprint density at radius 2 is 2.31 bits per heavy atom. The molecule has 0 saturated carbocycles. The molecule has 16 heavy (non-hydrogen) atoms. The van der Waals surface area contributed by atoms with E-state index in [1.165, 1.54) is 6.07 Å². The van der Waals surface area contributed by atoms with Crippen molar-refractivity contribution in [3.63, 3.8) is 0 Å². The van der Waals surface area contributed by atoms with E-state index in [1.807, 2.05) is 6.07 Å². The van der Waals surface area contributed by atoms with Gasteiger partial charge >= 0.3 is 0 Å². The molecule has 1 aromatic carbocycles. The quantitative estimate of drug-likeness (QED) is 0.826. The highest BCUT2D eigenvalue weighted by atomic mass is 19.1. The number of hydrogen-bond acceptors (Lipinski definition) is 2. The number of nitrogens with zero attached hydrogens (tertiary/aromatic N) is 1. The molecular weight excluding hydrogens is 203 g/mol. The van der Waals surface area contributed by atoms with Crippen molar-refractivity contribution in [1.82, 2.24) is 5.32 Å². The van der Waals surface area contributed by atoms with Gasteiger partial charge in [0, 0.05) is 30.9 Å². The Labute approximate surface area is 96.5 Å². The van der Waals surface area contributed by atoms with Gasteiger partial charge in [0.05, 0.1) is 0 Å². The number of hydrogen-bond donors (Lipinski definition) is 1. The van der Waals surface area contributed by atoms with E-state index in [-0.39, 0.29) is 11.4 Å². The van der Waals surface area contributed by atoms with Crippen molar-refractivity contribution in [3.05, 3.63) is 30.1 Å². The van der Waals surface area contributed by atoms with Crippen LogP contribution in [0, 0.1) is 5.82 Å². The minimum absolute atomic E-state index is 0.0893. The summed E-state index contributed by atoms with van der Waals surface area (Å²) < 4.78 is 13.2. The molecule has 1 aromatic rings. The number of benzene rings is 1. The Kier molecular flexibility index (Phi) is 3.15. The lowest BCUT2D eigenvalue weighted by molar-refractivity contribution is 0.342. The summed E-state index contributed by atoms with van der Waals surface area (Å²) >= 11 is 0. The van der Waals surface area contributed by atoms with Crippen molar-refractivity contribution in [2.24, 2.45) is 0 Å². The van der Waals surface area contributed by atoms with E-state index < -0.39 is 0 Å². The lowest BCUT2D eigenvalue weighted by Gasteiger charge is -2.46. The summed E-state index contributed by atoms with van der Waals surface area (Å²) in [6.45, 7) is 7.27. The van der Waals surface area contributed by atoms with Crippen LogP contribution in [0.15, 0.2) is 24.3 Å². The van der Waals surface area contributed by atoms with Crippen molar-refractivity contribution >= 4 is 5.69 Å². The van der Waals surface area contributed by atoms with Crippen LogP contribution < -0.4 is 10.2 Å². The third-order valence-corrected chi connectivity index (χ3v) is 3.55. The van der Waals surface area contributed by atoms with Crippen molar-refractivity contribution < 1.29 is 4.39 Å². The second-order valence-corrected chi connectivity index (χ2v) is 4.66. The van der Waals surface area contributed by atoms with Gasteiger partial charge in [0.1, 0.15) is 5.82 Å². The monoisotopic (exact) mass is 222 g/mol. The summed E-state index contributed by atoms with van der Waals surface area (Å²) in [5.74, 6) is -0.158. The third-order valence-electron chi connectivity index (χ3n) is 3.55. The molecule has 1 fully saturated rings. The summed E-state index contributed by atoms with van der Waals surface area (Å²) in [5, 5.41) is 3.41. The first kappa shape index (κ1) is 11.4. The van der Waals surface area contributed by atoms with Crippen LogP contribution in [-0.2, 0) is 0 Å². The zero-order valence-electron chi connectivity index (χ0n) is 9.96. The van der Waals surface area contributed by atoms with Crippen molar-refractivity contribution in [2.75, 3.05) is 24.5 Å². The first-order chi connectivity index (χ1) is 7.65. The van der Waals surface area contributed by atoms with Gasteiger partial charge in [0.25, 0.3) is 0 Å². The van der Waals surface area contributed by atoms with E-state index in [0.29, 0.717) is 0 Å². The normalized spacial score (nSPS) is 25.8. The molecule has 1 unspecified atom stereocenters. The Bertz CT molecular complexity index is 367. The van der Waals surface area contributed by atoms with E-state index in [2.05, 4.69) is 24.1 Å². The van der Waals surface area contributed by atoms with Gasteiger partial charge in [-0.15, -0.1) is 0 Å². The van der Waals surface area contributed by atoms with Gasteiger partial charge < -0.3 is 10.2 Å². The van der Waals surface area contributed by atoms with Crippen LogP contribution in [0.3, 0.4) is 0 Å². The Hall–Kier alpha value is -1.09. The lowest BCUT2D eigenvalue weighted by atomic mass is 9.93. The van der Waals surface area contributed by atoms with Crippen LogP contribution >= 0.6 is 0 Å². The zero-order chi connectivity index (χ0) is 11.6. The van der Waals surface area contributed by atoms with Gasteiger partial charge in [-0.2, -0.15) is 0 Å². The van der Waals surface area contributed by atoms with Crippen LogP contribution in [0.5, 0.6) is 0 Å². The van der Waals surface area contributed by atoms with E-state index in [0.717, 1.165) is 31.7 Å². The third kappa shape index (κ3) is 2.05. The van der Waals surface area contributed by atoms with Gasteiger partial charge in [0.15, 0.2) is 0 Å². The van der Waals surface area contributed by atoms with E-state index in [1.54, 1.807) is 12.1 Å². The SMILES string of the molecule is CCC1(C)CNCCN1c1cccc(F)c1. The average Bonchev–Trinajstić information content (AvgIpc) is 2.29. The largest absolute Gasteiger partial charge is 0.364 e. The summed E-state index contributed by atoms with van der Waals surface area (Å²) in [6, 6.07) is 6.89. The van der Waals surface area contributed by atoms with E-state index >= 15 is 0 Å². The molecule has 1 aliphatic rings. The first-order valence-electron chi connectivity index (χ1n) is 5.90. The number of anilines is 1. The zero-order valence-corrected chi connectivity index (χ0v) is 9.96. The van der Waals surface area contributed by atoms with Gasteiger partial charge in [0.2, 0.25) is 0 Å². The minimum Gasteiger partial charge on any atom is -0.364 e. The molecule has 2 rings (SSSR count). The summed E-state index contributed by atoms with van der Waals surface area (Å²) in [5.41, 5.74) is 1.08. The van der Waals surface area contributed by atoms with Crippen molar-refractivity contribution in [2.45, 2.75) is 25.8 Å². The molecule has 0 radical (unpaired) electrons. The molecule has 0 aromatic heterocycles. The first-order valence-corrected chi connectivity index (χ1v) is 5.90. The smallest absolute Gasteiger partial charge is 0.125 e. The fourth-order valence-electron chi connectivity index (χ4n) is 2.31. The minimum atomic E-state index is -0.158. The predicted molar refractivity (Wildman–Crippen MR) is 65.3 cm³/mol. The highest BCUT2D eigenvalue weighted by molar-refractivity contribution is 5.50. The van der Waals surface area contributed by atoms with Gasteiger partial charge in [-0.05, 0) is 31.5 Å². The summed E-state index contributed by atoms with van der Waals surface area (Å²) in [7, 11) is 0. The molecule has 1 N–H and O–H groups in total. The predicted octanol–water partition coefficient (Wildman–Crippen LogP) is 2.40. The molecule has 0 aliphatic carbocycles. The van der Waals surface area contributed by atoms with Crippen LogP contribution in [0.1, 0.15) is 20.3 Å². The van der Waals surface area contributed by atoms with Crippen molar-refractivity contribution in [3.8, 4) is 0 Å². The number of rotatable bonds is 2. The summed E-state index contributed by atoms with van der Waals surface area (Å²) in [6.07, 6.45) is 1.05. The van der Waals surface area contributed by atoms with Crippen LogP contribution in [0.2, 0.25) is 0 Å². The molecule has 2 nitrogen and oxygen atoms in total. The Morgan fingerprint density at radius 1 is 1.50 bits per heavy atom. The van der Waals surface area contributed by atoms with Crippen molar-refractivity contribution in [1.29, 1.82) is 0 Å². The molecule has 3 heteroatoms. The fourth-order valence-corrected chi connectivity index (χ4v) is 2.31. The van der Waals surface area contributed by atoms with Gasteiger partial charge in [-0.1, -0.05) is 13.0 Å². The second-order valence-electron chi connectivity index (χ2n) is 4.66. The van der Waals surface area contributed by atoms with Crippen LogP contribution in [-0.4, -0.2) is 25.2 Å². The van der Waals surface area contributed by atoms with Crippen LogP contribution in [0.25, 0.3) is 0 Å². The molecule has 1 saturated heterocycles. The molecular formula is C13H19FN2. The highest BCUT2D eigenvalue weighted by Gasteiger charge is 2.32. The standard InChI is InChI=1S/C13H19FN2/c1-3-13(2)10-15-7-8-16(13)12-6-4-5-11(14)9-12/h4-6,9,15H,3,7-8,10H2,1-2H3. The Balaban J connectivity index is 2.30. The number of halogens is 1. The summed E-state index contributed by atoms with van der Waals surface area (Å²) in [4.78, 5) is 2.31. The van der Waals surface area contributed by atoms with Gasteiger partial charge in [-0.25, -0.2) is 4.39 Å². The highest BCUT2D eigenvalue weighted by Crippen LogP contribution is 2.28. The molecule has 0 bridgehead atoms. The van der Waals surface area contributed by atoms with E-state index in [4.69, 9.17) is 0 Å². The average molecular weight is 222 g/mol. The van der Waals surface area contributed by atoms with Gasteiger partial charge in [-0.3, -0.25) is 0 Å².